The first-order valence-electron chi connectivity index (χ1n) is 9.68. The average Bonchev–Trinajstić information content (AvgIpc) is 2.67. The van der Waals surface area contributed by atoms with E-state index in [0.29, 0.717) is 32.1 Å². The van der Waals surface area contributed by atoms with Crippen LogP contribution in [0.3, 0.4) is 0 Å². The number of rotatable bonds is 9. The van der Waals surface area contributed by atoms with Crippen LogP contribution in [0.1, 0.15) is 30.4 Å². The first-order valence-corrected chi connectivity index (χ1v) is 11.3. The first kappa shape index (κ1) is 26.1. The first-order chi connectivity index (χ1) is 13.4. The van der Waals surface area contributed by atoms with Crippen molar-refractivity contribution in [2.45, 2.75) is 38.7 Å². The molecule has 10 heteroatoms. The van der Waals surface area contributed by atoms with E-state index >= 15 is 0 Å². The third-order valence-corrected chi connectivity index (χ3v) is 6.03. The zero-order valence-corrected chi connectivity index (χ0v) is 20.2. The molecule has 7 nitrogen and oxygen atoms in total. The number of benzene rings is 1. The Morgan fingerprint density at radius 1 is 1.28 bits per heavy atom. The number of guanidine groups is 1. The monoisotopic (exact) mass is 542 g/mol. The van der Waals surface area contributed by atoms with Gasteiger partial charge in [0.05, 0.1) is 11.9 Å². The van der Waals surface area contributed by atoms with E-state index < -0.39 is 10.0 Å². The van der Waals surface area contributed by atoms with Crippen molar-refractivity contribution >= 4 is 40.0 Å². The molecule has 1 aromatic rings. The lowest BCUT2D eigenvalue weighted by atomic mass is 10.1. The second-order valence-electron chi connectivity index (χ2n) is 6.90. The number of aryl methyl sites for hydroxylation is 1. The van der Waals surface area contributed by atoms with Gasteiger partial charge in [-0.1, -0.05) is 6.07 Å². The van der Waals surface area contributed by atoms with Crippen molar-refractivity contribution in [2.75, 3.05) is 39.0 Å². The number of hydrogen-bond donors (Lipinski definition) is 3. The van der Waals surface area contributed by atoms with E-state index in [2.05, 4.69) is 20.3 Å². The van der Waals surface area contributed by atoms with Crippen LogP contribution in [0.4, 0.5) is 4.39 Å². The van der Waals surface area contributed by atoms with Gasteiger partial charge in [-0.3, -0.25) is 4.99 Å². The van der Waals surface area contributed by atoms with Crippen LogP contribution in [0, 0.1) is 12.7 Å². The molecule has 1 saturated heterocycles. The standard InChI is InChI=1S/C19H31FN4O3S.HI/c1-15-13-17(20)7-6-16(15)8-9-22-19(21-2)23-10-12-28(25,26)24-14-18-5-3-4-11-27-18;/h6-7,13,18,24H,3-5,8-12,14H2,1-2H3,(H2,21,22,23);1H. The van der Waals surface area contributed by atoms with Crippen molar-refractivity contribution in [2.24, 2.45) is 4.99 Å². The number of ether oxygens (including phenoxy) is 1. The molecular formula is C19H32FIN4O3S. The summed E-state index contributed by atoms with van der Waals surface area (Å²) < 4.78 is 45.5. The Labute approximate surface area is 190 Å². The van der Waals surface area contributed by atoms with E-state index in [-0.39, 0.29) is 48.2 Å². The van der Waals surface area contributed by atoms with Gasteiger partial charge in [0.1, 0.15) is 5.82 Å². The Bertz CT molecular complexity index is 756. The molecule has 3 N–H and O–H groups in total. The van der Waals surface area contributed by atoms with Crippen LogP contribution < -0.4 is 15.4 Å². The van der Waals surface area contributed by atoms with E-state index in [4.69, 9.17) is 4.74 Å². The van der Waals surface area contributed by atoms with Crippen molar-refractivity contribution in [3.05, 3.63) is 35.1 Å². The molecule has 0 radical (unpaired) electrons. The van der Waals surface area contributed by atoms with Crippen molar-refractivity contribution in [1.29, 1.82) is 0 Å². The maximum absolute atomic E-state index is 13.1. The molecule has 166 valence electrons. The molecule has 1 unspecified atom stereocenters. The summed E-state index contributed by atoms with van der Waals surface area (Å²) in [6.07, 6.45) is 3.70. The van der Waals surface area contributed by atoms with Gasteiger partial charge in [0, 0.05) is 33.3 Å². The third kappa shape index (κ3) is 10.1. The van der Waals surface area contributed by atoms with Gasteiger partial charge in [-0.05, 0) is 55.9 Å². The molecule has 29 heavy (non-hydrogen) atoms. The molecule has 1 atom stereocenters. The number of halogens is 2. The van der Waals surface area contributed by atoms with Gasteiger partial charge < -0.3 is 15.4 Å². The summed E-state index contributed by atoms with van der Waals surface area (Å²) in [7, 11) is -1.74. The summed E-state index contributed by atoms with van der Waals surface area (Å²) in [5.74, 6) is 0.249. The van der Waals surface area contributed by atoms with E-state index in [1.54, 1.807) is 13.1 Å². The lowest BCUT2D eigenvalue weighted by molar-refractivity contribution is 0.0200. The lowest BCUT2D eigenvalue weighted by Gasteiger charge is -2.22. The molecule has 0 aromatic heterocycles. The molecule has 1 aliphatic heterocycles. The van der Waals surface area contributed by atoms with Crippen LogP contribution in [0.25, 0.3) is 0 Å². The fraction of sp³-hybridized carbons (Fsp3) is 0.632. The fourth-order valence-electron chi connectivity index (χ4n) is 3.04. The van der Waals surface area contributed by atoms with Crippen LogP contribution in [0.15, 0.2) is 23.2 Å². The van der Waals surface area contributed by atoms with Crippen LogP contribution in [-0.4, -0.2) is 59.5 Å². The summed E-state index contributed by atoms with van der Waals surface area (Å²) in [5, 5.41) is 6.14. The maximum atomic E-state index is 13.1. The summed E-state index contributed by atoms with van der Waals surface area (Å²) in [6.45, 7) is 3.76. The quantitative estimate of drug-likeness (QED) is 0.252. The summed E-state index contributed by atoms with van der Waals surface area (Å²) in [4.78, 5) is 4.09. The highest BCUT2D eigenvalue weighted by Crippen LogP contribution is 2.12. The number of nitrogens with zero attached hydrogens (tertiary/aromatic N) is 1. The largest absolute Gasteiger partial charge is 0.377 e. The van der Waals surface area contributed by atoms with Crippen molar-refractivity contribution in [3.8, 4) is 0 Å². The smallest absolute Gasteiger partial charge is 0.213 e. The Morgan fingerprint density at radius 3 is 2.69 bits per heavy atom. The Morgan fingerprint density at radius 2 is 2.03 bits per heavy atom. The normalized spacial score (nSPS) is 17.5. The molecule has 1 heterocycles. The van der Waals surface area contributed by atoms with Crippen LogP contribution in [-0.2, 0) is 21.2 Å². The SMILES string of the molecule is CN=C(NCCc1ccc(F)cc1C)NCCS(=O)(=O)NCC1CCCCO1.I. The zero-order chi connectivity index (χ0) is 20.4. The summed E-state index contributed by atoms with van der Waals surface area (Å²) in [5.41, 5.74) is 1.96. The number of hydrogen-bond acceptors (Lipinski definition) is 4. The molecule has 0 spiro atoms. The summed E-state index contributed by atoms with van der Waals surface area (Å²) in [6, 6.07) is 4.74. The lowest BCUT2D eigenvalue weighted by Crippen LogP contribution is -2.43. The molecule has 0 aliphatic carbocycles. The minimum absolute atomic E-state index is 0. The maximum Gasteiger partial charge on any atom is 0.213 e. The van der Waals surface area contributed by atoms with E-state index in [1.807, 2.05) is 6.92 Å². The van der Waals surface area contributed by atoms with E-state index in [1.165, 1.54) is 12.1 Å². The predicted molar refractivity (Wildman–Crippen MR) is 125 cm³/mol. The van der Waals surface area contributed by atoms with E-state index in [9.17, 15) is 12.8 Å². The van der Waals surface area contributed by atoms with Gasteiger partial charge >= 0.3 is 0 Å². The van der Waals surface area contributed by atoms with Crippen LogP contribution >= 0.6 is 24.0 Å². The molecule has 1 aliphatic rings. The topological polar surface area (TPSA) is 91.8 Å². The van der Waals surface area contributed by atoms with Gasteiger partial charge in [-0.25, -0.2) is 17.5 Å². The van der Waals surface area contributed by atoms with E-state index in [0.717, 1.165) is 30.4 Å². The molecule has 1 aromatic carbocycles. The van der Waals surface area contributed by atoms with Gasteiger partial charge in [0.25, 0.3) is 0 Å². The zero-order valence-electron chi connectivity index (χ0n) is 17.0. The van der Waals surface area contributed by atoms with Crippen molar-refractivity contribution in [1.82, 2.24) is 15.4 Å². The van der Waals surface area contributed by atoms with Crippen LogP contribution in [0.5, 0.6) is 0 Å². The Kier molecular flexibility index (Phi) is 12.0. The Balaban J connectivity index is 0.00000420. The van der Waals surface area contributed by atoms with Gasteiger partial charge in [-0.15, -0.1) is 24.0 Å². The van der Waals surface area contributed by atoms with Gasteiger partial charge in [-0.2, -0.15) is 0 Å². The molecule has 0 saturated carbocycles. The highest BCUT2D eigenvalue weighted by atomic mass is 127. The van der Waals surface area contributed by atoms with Gasteiger partial charge in [0.15, 0.2) is 5.96 Å². The number of nitrogens with one attached hydrogen (secondary N) is 3. The third-order valence-electron chi connectivity index (χ3n) is 4.68. The number of sulfonamides is 1. The molecule has 0 bridgehead atoms. The van der Waals surface area contributed by atoms with Crippen molar-refractivity contribution in [3.63, 3.8) is 0 Å². The minimum Gasteiger partial charge on any atom is -0.377 e. The second-order valence-corrected chi connectivity index (χ2v) is 8.83. The van der Waals surface area contributed by atoms with Crippen LogP contribution in [0.2, 0.25) is 0 Å². The second kappa shape index (κ2) is 13.3. The highest BCUT2D eigenvalue weighted by molar-refractivity contribution is 14.0. The fourth-order valence-corrected chi connectivity index (χ4v) is 4.00. The number of aliphatic imine (C=N–C) groups is 1. The average molecular weight is 542 g/mol. The predicted octanol–water partition coefficient (Wildman–Crippen LogP) is 1.95. The molecule has 1 fully saturated rings. The van der Waals surface area contributed by atoms with Crippen molar-refractivity contribution < 1.29 is 17.5 Å². The summed E-state index contributed by atoms with van der Waals surface area (Å²) >= 11 is 0. The molecule has 2 rings (SSSR count). The molecule has 0 amide bonds. The van der Waals surface area contributed by atoms with Gasteiger partial charge in [0.2, 0.25) is 10.0 Å². The Hall–Kier alpha value is -0.980. The minimum atomic E-state index is -3.37. The highest BCUT2D eigenvalue weighted by Gasteiger charge is 2.17. The molecular weight excluding hydrogens is 510 g/mol.